The number of hydrogen-bond donors (Lipinski definition) is 4. The third-order valence-electron chi connectivity index (χ3n) is 13.3. The van der Waals surface area contributed by atoms with Crippen LogP contribution in [0.2, 0.25) is 0 Å². The first-order valence-electron chi connectivity index (χ1n) is 27.6. The maximum absolute atomic E-state index is 12.2. The first kappa shape index (κ1) is 88.0. The second-order valence-electron chi connectivity index (χ2n) is 22.9. The number of carbonyl (C=O) groups is 1. The zero-order valence-electron chi connectivity index (χ0n) is 52.5. The van der Waals surface area contributed by atoms with Crippen molar-refractivity contribution in [3.8, 4) is 11.4 Å². The second kappa shape index (κ2) is 36.0. The van der Waals surface area contributed by atoms with Gasteiger partial charge in [0.15, 0.2) is 27.0 Å². The number of aromatic nitrogens is 10. The molecule has 0 saturated heterocycles. The molecule has 25 nitrogen and oxygen atoms in total. The van der Waals surface area contributed by atoms with Crippen LogP contribution in [0.15, 0.2) is 162 Å². The van der Waals surface area contributed by atoms with Crippen LogP contribution in [0, 0.1) is 5.92 Å². The predicted molar refractivity (Wildman–Crippen MR) is 360 cm³/mol. The number of aryl methyl sites for hydroxylation is 4. The average Bonchev–Trinajstić information content (AvgIpc) is 1.27. The van der Waals surface area contributed by atoms with Gasteiger partial charge in [-0.1, -0.05) is 111 Å². The zero-order chi connectivity index (χ0) is 66.8. The molecule has 0 radical (unpaired) electrons. The maximum atomic E-state index is 12.2. The first-order valence-corrected chi connectivity index (χ1v) is 35.3. The van der Waals surface area contributed by atoms with E-state index in [-0.39, 0.29) is 87.0 Å². The molecule has 0 spiro atoms. The first-order chi connectivity index (χ1) is 40.4. The molecular formula is C63H105N10O15S5+5. The normalized spacial score (nSPS) is 11.8. The third kappa shape index (κ3) is 26.0. The van der Waals surface area contributed by atoms with Crippen LogP contribution in [0.1, 0.15) is 165 Å². The monoisotopic (exact) mass is 1400 g/mol. The van der Waals surface area contributed by atoms with Gasteiger partial charge in [0, 0.05) is 17.7 Å². The van der Waals surface area contributed by atoms with Gasteiger partial charge in [-0.15, -0.1) is 0 Å². The molecule has 0 aliphatic heterocycles. The maximum Gasteiger partial charge on any atom is 0.307 e. The fraction of sp³-hybridized carbons (Fsp3) is 0.460. The van der Waals surface area contributed by atoms with Crippen molar-refractivity contribution in [1.82, 2.24) is 22.8 Å². The summed E-state index contributed by atoms with van der Waals surface area (Å²) in [5.74, 6) is 0.286. The summed E-state index contributed by atoms with van der Waals surface area (Å²) in [7, 11) is -13.6. The highest BCUT2D eigenvalue weighted by Gasteiger charge is 2.33. The molecule has 3 aromatic carbocycles. The molecule has 8 aromatic rings. The molecule has 30 heteroatoms. The Morgan fingerprint density at radius 1 is 0.473 bits per heavy atom. The molecule has 5 aromatic heterocycles. The quantitative estimate of drug-likeness (QED) is 0.0488. The molecule has 1 atom stereocenters. The minimum Gasteiger partial charge on any atom is -0.296 e. The van der Waals surface area contributed by atoms with Gasteiger partial charge in [-0.05, 0) is 85.5 Å². The molecule has 0 saturated carbocycles. The summed E-state index contributed by atoms with van der Waals surface area (Å²) in [6.07, 6.45) is 27.3. The van der Waals surface area contributed by atoms with Gasteiger partial charge in [-0.25, -0.2) is 49.5 Å². The van der Waals surface area contributed by atoms with Gasteiger partial charge < -0.3 is 0 Å². The van der Waals surface area contributed by atoms with E-state index < -0.39 is 60.6 Å². The second-order valence-corrected chi connectivity index (χ2v) is 30.5. The van der Waals surface area contributed by atoms with Gasteiger partial charge >= 0.3 is 10.1 Å². The predicted octanol–water partition coefficient (Wildman–Crippen LogP) is 8.96. The SMILES string of the molecule is C.C.C.C.C.CC(=O)C[n+]1ccn(C(C)C)c1.CC(C)C(n1cc[n+](C)c1)S(=O)(=O)O.CC(C)c1cc(S(C)(=O)=O)c(-n2cc[n+](C)c2)c(S(=O)(=O)O)c1.CC(C)c1ccc(-n2cc[n+](C)c2)c(S(=O)(=O)O)c1.CC(C)c1ccc(Cn2cc[n+](C)c2)c(S(=O)(=O)O)c1. The van der Waals surface area contributed by atoms with Crippen LogP contribution in [-0.2, 0) is 96.4 Å². The Labute approximate surface area is 554 Å². The van der Waals surface area contributed by atoms with Crippen molar-refractivity contribution in [2.75, 3.05) is 6.26 Å². The molecule has 8 rings (SSSR count). The Morgan fingerprint density at radius 3 is 1.27 bits per heavy atom. The standard InChI is InChI=1S/C14H18N2O5S2.C14H18N2O3S.C13H16N2O3S.C9H15N2O.C8H14N2O3S.5CH4/c1-10(2)11-7-12(22(4,17)18)14(13(8-11)23(19,20)21)16-6-5-15(3)9-16;1-11(2)12-4-5-13(14(8-12)20(17,18)19)9-16-7-6-15(3)10-16;1-10(2)11-4-5-12(13(8-11)19(16,17)18)15-7-6-14(3)9-15;1-8(2)11-5-4-10(7-11)6-9(3)12;1-7(2)8(14(11,12)13)10-5-4-9(3)6-10;;;;;/h5-10H,1-4H3;4-8,10-11H,9H2,1-3H3;4-10H,1-3H3;4-5,7-8H,6H2,1-3H3;4-8H,1-3H3;5*1H4/q;;;+1;;;;;;/p+4. The van der Waals surface area contributed by atoms with Crippen LogP contribution < -0.4 is 22.8 Å². The number of rotatable bonds is 17. The molecule has 0 bridgehead atoms. The van der Waals surface area contributed by atoms with E-state index in [1.165, 1.54) is 39.9 Å². The van der Waals surface area contributed by atoms with Gasteiger partial charge in [0.25, 0.3) is 30.4 Å². The summed E-state index contributed by atoms with van der Waals surface area (Å²) in [4.78, 5) is 10.1. The van der Waals surface area contributed by atoms with E-state index in [1.807, 2.05) is 119 Å². The van der Waals surface area contributed by atoms with E-state index >= 15 is 0 Å². The third-order valence-corrected chi connectivity index (χ3v) is 18.5. The van der Waals surface area contributed by atoms with Crippen molar-refractivity contribution >= 4 is 56.1 Å². The Bertz CT molecular complexity index is 4240. The molecule has 0 aliphatic carbocycles. The molecule has 5 heterocycles. The molecule has 93 heavy (non-hydrogen) atoms. The topological polar surface area (TPSA) is 313 Å². The van der Waals surface area contributed by atoms with Gasteiger partial charge in [-0.2, -0.15) is 38.2 Å². The zero-order valence-corrected chi connectivity index (χ0v) is 56.5. The molecule has 1 unspecified atom stereocenters. The summed E-state index contributed by atoms with van der Waals surface area (Å²) in [6, 6.07) is 13.5. The number of benzene rings is 3. The Kier molecular flexibility index (Phi) is 34.1. The smallest absolute Gasteiger partial charge is 0.296 e. The van der Waals surface area contributed by atoms with Crippen molar-refractivity contribution in [3.63, 3.8) is 0 Å². The molecular weight excluding hydrogens is 1300 g/mol. The van der Waals surface area contributed by atoms with Gasteiger partial charge in [0.2, 0.25) is 37.0 Å². The fourth-order valence-electron chi connectivity index (χ4n) is 8.78. The average molecular weight is 1400 g/mol. The van der Waals surface area contributed by atoms with Gasteiger partial charge in [0.05, 0.1) is 34.2 Å². The van der Waals surface area contributed by atoms with Crippen LogP contribution in [-0.4, -0.2) is 95.2 Å². The molecule has 4 N–H and O–H groups in total. The lowest BCUT2D eigenvalue weighted by Gasteiger charge is -2.13. The van der Waals surface area contributed by atoms with Crippen molar-refractivity contribution in [2.24, 2.45) is 34.1 Å². The fourth-order valence-corrected chi connectivity index (χ4v) is 13.1. The summed E-state index contributed by atoms with van der Waals surface area (Å²) in [5.41, 5.74) is 3.20. The van der Waals surface area contributed by atoms with Crippen LogP contribution >= 0.6 is 0 Å². The van der Waals surface area contributed by atoms with Crippen LogP contribution in [0.3, 0.4) is 0 Å². The summed E-state index contributed by atoms with van der Waals surface area (Å²) < 4.78 is 171. The van der Waals surface area contributed by atoms with Crippen LogP contribution in [0.5, 0.6) is 0 Å². The van der Waals surface area contributed by atoms with Gasteiger partial charge in [0.1, 0.15) is 94.6 Å². The van der Waals surface area contributed by atoms with Crippen molar-refractivity contribution in [1.29, 1.82) is 0 Å². The minimum atomic E-state index is -4.61. The Hall–Kier alpha value is -7.03. The number of hydrogen-bond acceptors (Lipinski definition) is 11. The van der Waals surface area contributed by atoms with Crippen molar-refractivity contribution in [2.45, 2.75) is 175 Å². The molecule has 0 aliphatic rings. The number of carbonyl (C=O) groups excluding carboxylic acids is 1. The van der Waals surface area contributed by atoms with Gasteiger partial charge in [-0.3, -0.25) is 23.0 Å². The van der Waals surface area contributed by atoms with E-state index in [4.69, 9.17) is 4.55 Å². The van der Waals surface area contributed by atoms with E-state index in [1.54, 1.807) is 115 Å². The minimum absolute atomic E-state index is 0. The van der Waals surface area contributed by atoms with E-state index in [9.17, 15) is 60.5 Å². The largest absolute Gasteiger partial charge is 0.307 e. The number of ketones is 1. The van der Waals surface area contributed by atoms with Crippen molar-refractivity contribution in [3.05, 3.63) is 164 Å². The number of sulfone groups is 1. The lowest BCUT2D eigenvalue weighted by Crippen LogP contribution is -2.34. The highest BCUT2D eigenvalue weighted by molar-refractivity contribution is 7.91. The Balaban J connectivity index is 0. The van der Waals surface area contributed by atoms with E-state index in [0.29, 0.717) is 35.9 Å². The van der Waals surface area contributed by atoms with Crippen LogP contribution in [0.25, 0.3) is 11.4 Å². The summed E-state index contributed by atoms with van der Waals surface area (Å²) in [5, 5.41) is -0.913. The number of Topliss-reactive ketones (excluding diaryl/α,β-unsaturated/α-hetero) is 1. The molecule has 0 amide bonds. The highest BCUT2D eigenvalue weighted by atomic mass is 32.2. The van der Waals surface area contributed by atoms with E-state index in [2.05, 4.69) is 18.4 Å². The lowest BCUT2D eigenvalue weighted by atomic mass is 10.0. The molecule has 522 valence electrons. The highest BCUT2D eigenvalue weighted by Crippen LogP contribution is 2.33. The van der Waals surface area contributed by atoms with Crippen molar-refractivity contribution < 1.29 is 87.9 Å². The Morgan fingerprint density at radius 2 is 0.892 bits per heavy atom. The van der Waals surface area contributed by atoms with E-state index in [0.717, 1.165) is 17.4 Å². The number of imidazole rings is 5. The lowest BCUT2D eigenvalue weighted by molar-refractivity contribution is -0.683. The molecule has 0 fully saturated rings. The number of nitrogens with zero attached hydrogens (tertiary/aromatic N) is 10. The van der Waals surface area contributed by atoms with Crippen LogP contribution in [0.4, 0.5) is 0 Å². The summed E-state index contributed by atoms with van der Waals surface area (Å²) >= 11 is 0. The summed E-state index contributed by atoms with van der Waals surface area (Å²) in [6.45, 7) is 21.7.